The van der Waals surface area contributed by atoms with E-state index in [1.54, 1.807) is 18.5 Å². The molecule has 3 N–H and O–H groups in total. The zero-order valence-electron chi connectivity index (χ0n) is 15.8. The molecule has 0 aromatic carbocycles. The van der Waals surface area contributed by atoms with E-state index in [1.165, 1.54) is 12.8 Å². The highest BCUT2D eigenvalue weighted by atomic mass is 16.5. The van der Waals surface area contributed by atoms with Gasteiger partial charge in [-0.15, -0.1) is 0 Å². The molecule has 4 heterocycles. The van der Waals surface area contributed by atoms with E-state index >= 15 is 0 Å². The predicted molar refractivity (Wildman–Crippen MR) is 106 cm³/mol. The van der Waals surface area contributed by atoms with E-state index in [0.717, 1.165) is 35.7 Å². The first-order valence-corrected chi connectivity index (χ1v) is 9.68. The molecule has 0 spiro atoms. The van der Waals surface area contributed by atoms with E-state index in [0.29, 0.717) is 30.0 Å². The van der Waals surface area contributed by atoms with Crippen LogP contribution in [0.4, 0.5) is 17.6 Å². The van der Waals surface area contributed by atoms with E-state index in [4.69, 9.17) is 8.94 Å². The van der Waals surface area contributed by atoms with Crippen LogP contribution in [0.1, 0.15) is 41.7 Å². The van der Waals surface area contributed by atoms with Gasteiger partial charge in [-0.1, -0.05) is 5.16 Å². The highest BCUT2D eigenvalue weighted by Crippen LogP contribution is 2.39. The molecule has 0 saturated heterocycles. The van der Waals surface area contributed by atoms with Crippen molar-refractivity contribution in [1.82, 2.24) is 25.3 Å². The van der Waals surface area contributed by atoms with Crippen LogP contribution >= 0.6 is 0 Å². The van der Waals surface area contributed by atoms with Crippen molar-refractivity contribution < 1.29 is 8.94 Å². The third-order valence-electron chi connectivity index (χ3n) is 4.76. The zero-order chi connectivity index (χ0) is 19.5. The lowest BCUT2D eigenvalue weighted by Crippen LogP contribution is -2.04. The van der Waals surface area contributed by atoms with E-state index in [1.807, 2.05) is 24.3 Å². The number of nitrogens with zero attached hydrogens (tertiary/aromatic N) is 4. The Labute approximate surface area is 166 Å². The molecule has 1 aliphatic carbocycles. The molecule has 0 unspecified atom stereocenters. The summed E-state index contributed by atoms with van der Waals surface area (Å²) < 4.78 is 10.7. The lowest BCUT2D eigenvalue weighted by Gasteiger charge is -2.05. The van der Waals surface area contributed by atoms with E-state index in [9.17, 15) is 0 Å². The number of hydrogen-bond acceptors (Lipinski definition) is 8. The first kappa shape index (κ1) is 17.5. The molecule has 29 heavy (non-hydrogen) atoms. The summed E-state index contributed by atoms with van der Waals surface area (Å²) >= 11 is 0. The summed E-state index contributed by atoms with van der Waals surface area (Å²) in [5.74, 6) is 4.18. The van der Waals surface area contributed by atoms with E-state index in [2.05, 4.69) is 36.0 Å². The number of H-pyrrole nitrogens is 1. The number of anilines is 3. The summed E-state index contributed by atoms with van der Waals surface area (Å²) in [6.45, 7) is 0.489. The molecule has 0 atom stereocenters. The van der Waals surface area contributed by atoms with Crippen molar-refractivity contribution in [3.8, 4) is 0 Å². The fraction of sp³-hybridized carbons (Fsp3) is 0.300. The molecule has 4 aromatic rings. The number of aryl methyl sites for hydroxylation is 2. The maximum absolute atomic E-state index is 5.36. The lowest BCUT2D eigenvalue weighted by atomic mass is 10.2. The minimum Gasteiger partial charge on any atom is -0.469 e. The fourth-order valence-electron chi connectivity index (χ4n) is 3.06. The maximum atomic E-state index is 5.36. The highest BCUT2D eigenvalue weighted by Gasteiger charge is 2.27. The van der Waals surface area contributed by atoms with Crippen molar-refractivity contribution in [3.63, 3.8) is 0 Å². The van der Waals surface area contributed by atoms with Gasteiger partial charge >= 0.3 is 0 Å². The Morgan fingerprint density at radius 2 is 2.07 bits per heavy atom. The van der Waals surface area contributed by atoms with Gasteiger partial charge in [0.05, 0.1) is 18.5 Å². The van der Waals surface area contributed by atoms with Crippen LogP contribution in [0, 0.1) is 0 Å². The van der Waals surface area contributed by atoms with Gasteiger partial charge in [0.2, 0.25) is 5.95 Å². The van der Waals surface area contributed by atoms with Crippen LogP contribution < -0.4 is 10.6 Å². The summed E-state index contributed by atoms with van der Waals surface area (Å²) in [5.41, 5.74) is 2.06. The zero-order valence-corrected chi connectivity index (χ0v) is 15.8. The monoisotopic (exact) mass is 391 g/mol. The third kappa shape index (κ3) is 4.45. The Morgan fingerprint density at radius 1 is 1.10 bits per heavy atom. The quantitative estimate of drug-likeness (QED) is 0.394. The number of furan rings is 1. The molecule has 9 heteroatoms. The van der Waals surface area contributed by atoms with Crippen LogP contribution in [0.15, 0.2) is 51.7 Å². The molecular formula is C20H21N7O2. The van der Waals surface area contributed by atoms with Gasteiger partial charge in [-0.2, -0.15) is 10.1 Å². The van der Waals surface area contributed by atoms with Gasteiger partial charge in [-0.25, -0.2) is 4.98 Å². The molecule has 0 bridgehead atoms. The van der Waals surface area contributed by atoms with Crippen LogP contribution in [0.2, 0.25) is 0 Å². The summed E-state index contributed by atoms with van der Waals surface area (Å²) in [5, 5.41) is 17.8. The first-order valence-electron chi connectivity index (χ1n) is 9.68. The summed E-state index contributed by atoms with van der Waals surface area (Å²) in [6.07, 6.45) is 7.42. The highest BCUT2D eigenvalue weighted by molar-refractivity contribution is 5.53. The van der Waals surface area contributed by atoms with Gasteiger partial charge in [0.25, 0.3) is 0 Å². The Bertz CT molecular complexity index is 1070. The van der Waals surface area contributed by atoms with E-state index in [-0.39, 0.29) is 0 Å². The molecule has 1 saturated carbocycles. The van der Waals surface area contributed by atoms with Crippen molar-refractivity contribution in [2.75, 3.05) is 10.6 Å². The second-order valence-electron chi connectivity index (χ2n) is 7.09. The molecule has 0 aliphatic heterocycles. The summed E-state index contributed by atoms with van der Waals surface area (Å²) in [6, 6.07) is 9.62. The number of nitrogens with one attached hydrogen (secondary N) is 3. The predicted octanol–water partition coefficient (Wildman–Crippen LogP) is 3.80. The number of rotatable bonds is 9. The van der Waals surface area contributed by atoms with Crippen molar-refractivity contribution in [1.29, 1.82) is 0 Å². The maximum Gasteiger partial charge on any atom is 0.224 e. The fourth-order valence-corrected chi connectivity index (χ4v) is 3.06. The van der Waals surface area contributed by atoms with Crippen molar-refractivity contribution in [2.24, 2.45) is 0 Å². The number of aromatic nitrogens is 5. The Balaban J connectivity index is 1.16. The molecule has 1 fully saturated rings. The van der Waals surface area contributed by atoms with Crippen molar-refractivity contribution >= 4 is 17.6 Å². The van der Waals surface area contributed by atoms with E-state index < -0.39 is 0 Å². The van der Waals surface area contributed by atoms with Gasteiger partial charge in [-0.3, -0.25) is 5.10 Å². The molecule has 4 aromatic heterocycles. The van der Waals surface area contributed by atoms with Crippen LogP contribution in [0.25, 0.3) is 0 Å². The Morgan fingerprint density at radius 3 is 2.93 bits per heavy atom. The Hall–Kier alpha value is -3.62. The summed E-state index contributed by atoms with van der Waals surface area (Å²) in [4.78, 5) is 8.72. The van der Waals surface area contributed by atoms with Gasteiger partial charge in [-0.05, 0) is 37.5 Å². The smallest absolute Gasteiger partial charge is 0.224 e. The van der Waals surface area contributed by atoms with Gasteiger partial charge in [0.15, 0.2) is 11.6 Å². The molecule has 5 rings (SSSR count). The van der Waals surface area contributed by atoms with Crippen molar-refractivity contribution in [3.05, 3.63) is 65.7 Å². The molecule has 9 nitrogen and oxygen atoms in total. The SMILES string of the molecule is c1coc(CCc2cc(Nc3ccnc(NCc4cc(C5CC5)no4)n3)n[nH]2)c1. The number of hydrogen-bond donors (Lipinski definition) is 3. The standard InChI is InChI=1S/C20H21N7O2/c1-2-15(28-9-1)6-5-14-10-19(26-25-14)23-18-7-8-21-20(24-18)22-12-16-11-17(27-29-16)13-3-4-13/h1-2,7-11,13H,3-6,12H2,(H3,21,22,23,24,25,26). The lowest BCUT2D eigenvalue weighted by molar-refractivity contribution is 0.381. The molecular weight excluding hydrogens is 370 g/mol. The number of aromatic amines is 1. The molecule has 0 radical (unpaired) electrons. The van der Waals surface area contributed by atoms with Crippen LogP contribution in [-0.4, -0.2) is 25.3 Å². The first-order chi connectivity index (χ1) is 14.3. The second kappa shape index (κ2) is 7.78. The third-order valence-corrected chi connectivity index (χ3v) is 4.76. The second-order valence-corrected chi connectivity index (χ2v) is 7.09. The molecule has 0 amide bonds. The normalized spacial score (nSPS) is 13.5. The Kier molecular flexibility index (Phi) is 4.69. The average molecular weight is 391 g/mol. The topological polar surface area (TPSA) is 118 Å². The van der Waals surface area contributed by atoms with Crippen LogP contribution in [0.3, 0.4) is 0 Å². The van der Waals surface area contributed by atoms with Crippen LogP contribution in [0.5, 0.6) is 0 Å². The average Bonchev–Trinajstić information content (AvgIpc) is 3.13. The largest absolute Gasteiger partial charge is 0.469 e. The van der Waals surface area contributed by atoms with Gasteiger partial charge in [0, 0.05) is 36.4 Å². The molecule has 1 aliphatic rings. The van der Waals surface area contributed by atoms with Crippen molar-refractivity contribution in [2.45, 2.75) is 38.1 Å². The van der Waals surface area contributed by atoms with Gasteiger partial charge < -0.3 is 19.6 Å². The van der Waals surface area contributed by atoms with Crippen LogP contribution in [-0.2, 0) is 19.4 Å². The minimum atomic E-state index is 0.489. The minimum absolute atomic E-state index is 0.489. The summed E-state index contributed by atoms with van der Waals surface area (Å²) in [7, 11) is 0. The molecule has 148 valence electrons. The van der Waals surface area contributed by atoms with Gasteiger partial charge in [0.1, 0.15) is 11.6 Å².